The molecule has 134 valence electrons. The summed E-state index contributed by atoms with van der Waals surface area (Å²) in [4.78, 5) is 33.3. The molecule has 0 unspecified atom stereocenters. The highest BCUT2D eigenvalue weighted by Gasteiger charge is 2.37. The number of aromatic nitrogens is 3. The number of amides is 2. The molecule has 7 heteroatoms. The third kappa shape index (κ3) is 3.42. The van der Waals surface area contributed by atoms with Crippen molar-refractivity contribution in [3.05, 3.63) is 23.5 Å². The highest BCUT2D eigenvalue weighted by atomic mass is 16.2. The van der Waals surface area contributed by atoms with E-state index in [9.17, 15) is 9.59 Å². The number of fused-ring (bicyclic) bond motifs is 3. The maximum atomic E-state index is 12.8. The monoisotopic (exact) mass is 343 g/mol. The molecule has 0 fully saturated rings. The summed E-state index contributed by atoms with van der Waals surface area (Å²) in [5.74, 6) is -0.485. The van der Waals surface area contributed by atoms with Gasteiger partial charge in [0.1, 0.15) is 0 Å². The summed E-state index contributed by atoms with van der Waals surface area (Å²) in [5.41, 5.74) is 1.35. The molecule has 0 saturated heterocycles. The Hall–Kier alpha value is -2.28. The van der Waals surface area contributed by atoms with Gasteiger partial charge in [-0.05, 0) is 25.9 Å². The van der Waals surface area contributed by atoms with E-state index in [0.717, 1.165) is 38.8 Å². The number of H-pyrrole nitrogens is 1. The molecule has 1 N–H and O–H groups in total. The van der Waals surface area contributed by atoms with Crippen molar-refractivity contribution in [2.24, 2.45) is 0 Å². The lowest BCUT2D eigenvalue weighted by atomic mass is 10.1. The molecule has 0 bridgehead atoms. The molecule has 1 aliphatic rings. The first-order valence-corrected chi connectivity index (χ1v) is 9.08. The number of unbranched alkanes of at least 4 members (excludes halogenated alkanes) is 2. The summed E-state index contributed by atoms with van der Waals surface area (Å²) >= 11 is 0. The van der Waals surface area contributed by atoms with Crippen LogP contribution in [0.25, 0.3) is 11.0 Å². The molecular formula is C18H25N5O2. The lowest BCUT2D eigenvalue weighted by Gasteiger charge is -2.24. The summed E-state index contributed by atoms with van der Waals surface area (Å²) in [6.45, 7) is 7.49. The van der Waals surface area contributed by atoms with Crippen LogP contribution in [-0.2, 0) is 0 Å². The highest BCUT2D eigenvalue weighted by Crippen LogP contribution is 2.27. The molecule has 0 saturated carbocycles. The van der Waals surface area contributed by atoms with Gasteiger partial charge in [-0.25, -0.2) is 4.98 Å². The smallest absolute Gasteiger partial charge is 0.263 e. The number of carbonyl (C=O) groups is 2. The summed E-state index contributed by atoms with van der Waals surface area (Å²) in [7, 11) is 0. The molecule has 7 nitrogen and oxygen atoms in total. The third-order valence-corrected chi connectivity index (χ3v) is 4.71. The van der Waals surface area contributed by atoms with Gasteiger partial charge in [-0.2, -0.15) is 5.10 Å². The normalized spacial score (nSPS) is 14.1. The summed E-state index contributed by atoms with van der Waals surface area (Å²) in [6, 6.07) is 0. The molecule has 2 aromatic rings. The SMILES string of the molecule is CCCCN(CCCC)CCN1C(=O)c2cnc3[nH]ncc3c2C1=O. The first kappa shape index (κ1) is 17.5. The van der Waals surface area contributed by atoms with Crippen LogP contribution in [0.5, 0.6) is 0 Å². The van der Waals surface area contributed by atoms with Gasteiger partial charge < -0.3 is 4.90 Å². The lowest BCUT2D eigenvalue weighted by molar-refractivity contribution is 0.0636. The van der Waals surface area contributed by atoms with Crippen LogP contribution in [-0.4, -0.2) is 63.0 Å². The van der Waals surface area contributed by atoms with Crippen molar-refractivity contribution in [1.82, 2.24) is 25.0 Å². The minimum absolute atomic E-state index is 0.236. The first-order chi connectivity index (χ1) is 12.2. The van der Waals surface area contributed by atoms with Crippen LogP contribution in [0.2, 0.25) is 0 Å². The van der Waals surface area contributed by atoms with Crippen LogP contribution < -0.4 is 0 Å². The molecule has 0 atom stereocenters. The molecule has 0 aromatic carbocycles. The first-order valence-electron chi connectivity index (χ1n) is 9.08. The summed E-state index contributed by atoms with van der Waals surface area (Å²) in [5, 5.41) is 7.29. The predicted octanol–water partition coefficient (Wildman–Crippen LogP) is 2.46. The van der Waals surface area contributed by atoms with Gasteiger partial charge in [-0.1, -0.05) is 26.7 Å². The van der Waals surface area contributed by atoms with E-state index in [0.29, 0.717) is 35.2 Å². The van der Waals surface area contributed by atoms with Gasteiger partial charge in [-0.15, -0.1) is 0 Å². The predicted molar refractivity (Wildman–Crippen MR) is 95.5 cm³/mol. The van der Waals surface area contributed by atoms with Crippen LogP contribution in [0.15, 0.2) is 12.4 Å². The summed E-state index contributed by atoms with van der Waals surface area (Å²) in [6.07, 6.45) is 7.57. The largest absolute Gasteiger partial charge is 0.302 e. The topological polar surface area (TPSA) is 82.2 Å². The van der Waals surface area contributed by atoms with E-state index in [1.54, 1.807) is 6.20 Å². The van der Waals surface area contributed by atoms with Crippen LogP contribution >= 0.6 is 0 Å². The van der Waals surface area contributed by atoms with Gasteiger partial charge in [0.2, 0.25) is 0 Å². The number of hydrogen-bond donors (Lipinski definition) is 1. The van der Waals surface area contributed by atoms with Crippen LogP contribution in [0, 0.1) is 0 Å². The fourth-order valence-corrected chi connectivity index (χ4v) is 3.21. The molecule has 3 heterocycles. The van der Waals surface area contributed by atoms with E-state index in [1.165, 1.54) is 11.1 Å². The Morgan fingerprint density at radius 2 is 1.76 bits per heavy atom. The number of nitrogens with zero attached hydrogens (tertiary/aromatic N) is 4. The average Bonchev–Trinajstić information content (AvgIpc) is 3.18. The Labute approximate surface area is 147 Å². The molecule has 0 radical (unpaired) electrons. The van der Waals surface area contributed by atoms with Crippen LogP contribution in [0.4, 0.5) is 0 Å². The Morgan fingerprint density at radius 1 is 1.04 bits per heavy atom. The van der Waals surface area contributed by atoms with Gasteiger partial charge in [-0.3, -0.25) is 19.6 Å². The van der Waals surface area contributed by atoms with Crippen molar-refractivity contribution in [2.75, 3.05) is 26.2 Å². The van der Waals surface area contributed by atoms with E-state index < -0.39 is 0 Å². The van der Waals surface area contributed by atoms with Crippen molar-refractivity contribution >= 4 is 22.8 Å². The molecule has 0 spiro atoms. The Bertz CT molecular complexity index is 762. The molecule has 2 amide bonds. The molecular weight excluding hydrogens is 318 g/mol. The number of rotatable bonds is 9. The number of imide groups is 1. The minimum atomic E-state index is -0.249. The van der Waals surface area contributed by atoms with Gasteiger partial charge >= 0.3 is 0 Å². The van der Waals surface area contributed by atoms with Crippen LogP contribution in [0.3, 0.4) is 0 Å². The molecule has 2 aromatic heterocycles. The van der Waals surface area contributed by atoms with Crippen LogP contribution in [0.1, 0.15) is 60.2 Å². The standard InChI is InChI=1S/C18H25N5O2/c1-3-5-7-22(8-6-4-2)9-10-23-17(24)14-11-19-16-13(12-20-21-16)15(14)18(23)25/h11-12H,3-10H2,1-2H3,(H,19,20,21). The number of pyridine rings is 1. The van der Waals surface area contributed by atoms with E-state index in [1.807, 2.05) is 0 Å². The number of nitrogens with one attached hydrogen (secondary N) is 1. The highest BCUT2D eigenvalue weighted by molar-refractivity contribution is 6.25. The second-order valence-electron chi connectivity index (χ2n) is 6.49. The second-order valence-corrected chi connectivity index (χ2v) is 6.49. The third-order valence-electron chi connectivity index (χ3n) is 4.71. The zero-order chi connectivity index (χ0) is 17.8. The number of hydrogen-bond acceptors (Lipinski definition) is 5. The quantitative estimate of drug-likeness (QED) is 0.707. The number of aromatic amines is 1. The second kappa shape index (κ2) is 7.74. The Morgan fingerprint density at radius 3 is 2.44 bits per heavy atom. The fraction of sp³-hybridized carbons (Fsp3) is 0.556. The van der Waals surface area contributed by atoms with Gasteiger partial charge in [0.15, 0.2) is 5.65 Å². The number of carbonyl (C=O) groups excluding carboxylic acids is 2. The van der Waals surface area contributed by atoms with E-state index >= 15 is 0 Å². The lowest BCUT2D eigenvalue weighted by Crippen LogP contribution is -2.39. The fourth-order valence-electron chi connectivity index (χ4n) is 3.21. The average molecular weight is 343 g/mol. The van der Waals surface area contributed by atoms with E-state index in [-0.39, 0.29) is 11.8 Å². The molecule has 1 aliphatic heterocycles. The molecule has 25 heavy (non-hydrogen) atoms. The minimum Gasteiger partial charge on any atom is -0.302 e. The zero-order valence-corrected chi connectivity index (χ0v) is 14.9. The van der Waals surface area contributed by atoms with Crippen molar-refractivity contribution in [2.45, 2.75) is 39.5 Å². The van der Waals surface area contributed by atoms with Gasteiger partial charge in [0.05, 0.1) is 22.7 Å². The van der Waals surface area contributed by atoms with Gasteiger partial charge in [0, 0.05) is 19.3 Å². The van der Waals surface area contributed by atoms with Crippen molar-refractivity contribution in [3.8, 4) is 0 Å². The maximum absolute atomic E-state index is 12.8. The van der Waals surface area contributed by atoms with E-state index in [4.69, 9.17) is 0 Å². The molecule has 0 aliphatic carbocycles. The Kier molecular flexibility index (Phi) is 5.43. The maximum Gasteiger partial charge on any atom is 0.263 e. The van der Waals surface area contributed by atoms with Crippen molar-refractivity contribution in [3.63, 3.8) is 0 Å². The summed E-state index contributed by atoms with van der Waals surface area (Å²) < 4.78 is 0. The van der Waals surface area contributed by atoms with Crippen molar-refractivity contribution in [1.29, 1.82) is 0 Å². The van der Waals surface area contributed by atoms with Crippen molar-refractivity contribution < 1.29 is 9.59 Å². The Balaban J connectivity index is 1.72. The zero-order valence-electron chi connectivity index (χ0n) is 14.9. The molecule has 3 rings (SSSR count). The van der Waals surface area contributed by atoms with E-state index in [2.05, 4.69) is 33.9 Å². The van der Waals surface area contributed by atoms with Gasteiger partial charge in [0.25, 0.3) is 11.8 Å².